The van der Waals surface area contributed by atoms with E-state index >= 15 is 0 Å². The van der Waals surface area contributed by atoms with Crippen molar-refractivity contribution in [2.75, 3.05) is 27.9 Å². The molecule has 2 aromatic rings. The van der Waals surface area contributed by atoms with Gasteiger partial charge in [-0.3, -0.25) is 4.79 Å². The standard InChI is InChI=1S/C18H19N3O6/c1-24-14-10-15(25-2)20-18(19-14)27-13-7-5-4-6-11(13)16(22)21-9-8-12(21)17(23)26-3/h4-7,10,12H,8-9H2,1-3H3/t12-/m0/s1. The number of nitrogens with zero attached hydrogens (tertiary/aromatic N) is 3. The van der Waals surface area contributed by atoms with Crippen LogP contribution in [0.15, 0.2) is 30.3 Å². The maximum atomic E-state index is 12.9. The highest BCUT2D eigenvalue weighted by Gasteiger charge is 2.39. The third kappa shape index (κ3) is 3.76. The van der Waals surface area contributed by atoms with Crippen LogP contribution in [-0.2, 0) is 9.53 Å². The minimum absolute atomic E-state index is 0.0282. The SMILES string of the molecule is COC(=O)[C@@H]1CCN1C(=O)c1ccccc1Oc1nc(OC)cc(OC)n1. The van der Waals surface area contributed by atoms with E-state index in [4.69, 9.17) is 18.9 Å². The number of esters is 1. The largest absolute Gasteiger partial charge is 0.481 e. The minimum Gasteiger partial charge on any atom is -0.481 e. The molecular formula is C18H19N3O6. The average Bonchev–Trinajstić information content (AvgIpc) is 2.66. The Morgan fingerprint density at radius 1 is 1.07 bits per heavy atom. The van der Waals surface area contributed by atoms with E-state index in [1.165, 1.54) is 32.3 Å². The number of para-hydroxylation sites is 1. The monoisotopic (exact) mass is 373 g/mol. The Hall–Kier alpha value is -3.36. The van der Waals surface area contributed by atoms with Gasteiger partial charge in [0, 0.05) is 6.54 Å². The highest BCUT2D eigenvalue weighted by molar-refractivity contribution is 6.00. The summed E-state index contributed by atoms with van der Waals surface area (Å²) in [4.78, 5) is 34.3. The zero-order valence-electron chi connectivity index (χ0n) is 15.2. The average molecular weight is 373 g/mol. The molecule has 0 radical (unpaired) electrons. The minimum atomic E-state index is -0.580. The quantitative estimate of drug-likeness (QED) is 0.705. The molecule has 1 saturated heterocycles. The van der Waals surface area contributed by atoms with Crippen LogP contribution in [0.5, 0.6) is 23.5 Å². The maximum absolute atomic E-state index is 12.9. The number of carbonyl (C=O) groups is 2. The van der Waals surface area contributed by atoms with Gasteiger partial charge in [-0.05, 0) is 18.6 Å². The van der Waals surface area contributed by atoms with Crippen LogP contribution in [-0.4, -0.2) is 60.7 Å². The summed E-state index contributed by atoms with van der Waals surface area (Å²) in [6.07, 6.45) is 0.567. The molecule has 1 amide bonds. The molecule has 1 aliphatic rings. The third-order valence-electron chi connectivity index (χ3n) is 4.15. The van der Waals surface area contributed by atoms with Gasteiger partial charge in [-0.2, -0.15) is 9.97 Å². The van der Waals surface area contributed by atoms with E-state index in [0.29, 0.717) is 13.0 Å². The first-order valence-corrected chi connectivity index (χ1v) is 8.20. The molecule has 1 fully saturated rings. The van der Waals surface area contributed by atoms with E-state index in [2.05, 4.69) is 9.97 Å². The van der Waals surface area contributed by atoms with Gasteiger partial charge in [0.15, 0.2) is 0 Å². The summed E-state index contributed by atoms with van der Waals surface area (Å²) in [5.41, 5.74) is 0.288. The van der Waals surface area contributed by atoms with Crippen molar-refractivity contribution in [2.45, 2.75) is 12.5 Å². The van der Waals surface area contributed by atoms with Crippen molar-refractivity contribution in [3.8, 4) is 23.5 Å². The third-order valence-corrected chi connectivity index (χ3v) is 4.15. The molecular weight excluding hydrogens is 354 g/mol. The fraction of sp³-hybridized carbons (Fsp3) is 0.333. The lowest BCUT2D eigenvalue weighted by atomic mass is 10.0. The Balaban J connectivity index is 1.87. The highest BCUT2D eigenvalue weighted by atomic mass is 16.5. The van der Waals surface area contributed by atoms with Crippen molar-refractivity contribution in [3.05, 3.63) is 35.9 Å². The maximum Gasteiger partial charge on any atom is 0.328 e. The lowest BCUT2D eigenvalue weighted by molar-refractivity contribution is -0.149. The van der Waals surface area contributed by atoms with E-state index < -0.39 is 12.0 Å². The summed E-state index contributed by atoms with van der Waals surface area (Å²) in [6, 6.07) is 7.56. The van der Waals surface area contributed by atoms with E-state index in [0.717, 1.165) is 0 Å². The van der Waals surface area contributed by atoms with Gasteiger partial charge in [-0.25, -0.2) is 4.79 Å². The Morgan fingerprint density at radius 2 is 1.74 bits per heavy atom. The summed E-state index contributed by atoms with van der Waals surface area (Å²) < 4.78 is 20.6. The number of likely N-dealkylation sites (tertiary alicyclic amines) is 1. The Kier molecular flexibility index (Phi) is 5.39. The predicted octanol–water partition coefficient (Wildman–Crippen LogP) is 1.67. The molecule has 0 spiro atoms. The number of hydrogen-bond donors (Lipinski definition) is 0. The first-order valence-electron chi connectivity index (χ1n) is 8.20. The predicted molar refractivity (Wildman–Crippen MR) is 93.1 cm³/mol. The summed E-state index contributed by atoms with van der Waals surface area (Å²) >= 11 is 0. The molecule has 9 nitrogen and oxygen atoms in total. The number of hydrogen-bond acceptors (Lipinski definition) is 8. The molecule has 0 unspecified atom stereocenters. The molecule has 2 heterocycles. The fourth-order valence-corrected chi connectivity index (χ4v) is 2.64. The second-order valence-electron chi connectivity index (χ2n) is 5.66. The molecule has 27 heavy (non-hydrogen) atoms. The Bertz CT molecular complexity index is 834. The van der Waals surface area contributed by atoms with Gasteiger partial charge in [-0.15, -0.1) is 0 Å². The van der Waals surface area contributed by atoms with Crippen LogP contribution in [0.2, 0.25) is 0 Å². The van der Waals surface area contributed by atoms with Gasteiger partial charge in [0.1, 0.15) is 11.8 Å². The van der Waals surface area contributed by atoms with E-state index in [-0.39, 0.29) is 35.0 Å². The molecule has 0 N–H and O–H groups in total. The van der Waals surface area contributed by atoms with Gasteiger partial charge in [0.05, 0.1) is 33.0 Å². The van der Waals surface area contributed by atoms with Crippen molar-refractivity contribution < 1.29 is 28.5 Å². The van der Waals surface area contributed by atoms with Crippen LogP contribution >= 0.6 is 0 Å². The molecule has 9 heteroatoms. The number of carbonyl (C=O) groups excluding carboxylic acids is 2. The van der Waals surface area contributed by atoms with Crippen LogP contribution in [0.3, 0.4) is 0 Å². The number of amides is 1. The van der Waals surface area contributed by atoms with Crippen molar-refractivity contribution in [1.82, 2.24) is 14.9 Å². The van der Waals surface area contributed by atoms with Gasteiger partial charge in [0.25, 0.3) is 5.91 Å². The van der Waals surface area contributed by atoms with E-state index in [1.54, 1.807) is 24.3 Å². The molecule has 0 saturated carbocycles. The topological polar surface area (TPSA) is 100 Å². The fourth-order valence-electron chi connectivity index (χ4n) is 2.64. The normalized spacial score (nSPS) is 15.5. The van der Waals surface area contributed by atoms with E-state index in [1.807, 2.05) is 0 Å². The number of benzene rings is 1. The lowest BCUT2D eigenvalue weighted by Crippen LogP contribution is -2.55. The van der Waals surface area contributed by atoms with Gasteiger partial charge in [-0.1, -0.05) is 12.1 Å². The zero-order valence-corrected chi connectivity index (χ0v) is 15.2. The molecule has 0 bridgehead atoms. The van der Waals surface area contributed by atoms with E-state index in [9.17, 15) is 9.59 Å². The summed E-state index contributed by atoms with van der Waals surface area (Å²) in [7, 11) is 4.22. The molecule has 3 rings (SSSR count). The van der Waals surface area contributed by atoms with Crippen LogP contribution < -0.4 is 14.2 Å². The summed E-state index contributed by atoms with van der Waals surface area (Å²) in [5, 5.41) is 0. The molecule has 1 atom stereocenters. The second kappa shape index (κ2) is 7.90. The van der Waals surface area contributed by atoms with Crippen molar-refractivity contribution >= 4 is 11.9 Å². The summed E-state index contributed by atoms with van der Waals surface area (Å²) in [5.74, 6) is 0.00705. The molecule has 1 aromatic heterocycles. The first-order chi connectivity index (χ1) is 13.1. The van der Waals surface area contributed by atoms with Crippen molar-refractivity contribution in [2.24, 2.45) is 0 Å². The van der Waals surface area contributed by atoms with Crippen LogP contribution in [0.4, 0.5) is 0 Å². The summed E-state index contributed by atoms with van der Waals surface area (Å²) in [6.45, 7) is 0.469. The van der Waals surface area contributed by atoms with Crippen LogP contribution in [0, 0.1) is 0 Å². The smallest absolute Gasteiger partial charge is 0.328 e. The Labute approximate surface area is 155 Å². The molecule has 1 aliphatic heterocycles. The van der Waals surface area contributed by atoms with Gasteiger partial charge in [0.2, 0.25) is 11.8 Å². The van der Waals surface area contributed by atoms with Crippen LogP contribution in [0.1, 0.15) is 16.8 Å². The second-order valence-corrected chi connectivity index (χ2v) is 5.66. The number of aromatic nitrogens is 2. The molecule has 1 aromatic carbocycles. The lowest BCUT2D eigenvalue weighted by Gasteiger charge is -2.38. The number of rotatable bonds is 6. The Morgan fingerprint density at radius 3 is 2.30 bits per heavy atom. The van der Waals surface area contributed by atoms with Crippen molar-refractivity contribution in [3.63, 3.8) is 0 Å². The van der Waals surface area contributed by atoms with Crippen molar-refractivity contribution in [1.29, 1.82) is 0 Å². The van der Waals surface area contributed by atoms with Gasteiger partial charge >= 0.3 is 12.0 Å². The molecule has 0 aliphatic carbocycles. The first kappa shape index (κ1) is 18.4. The highest BCUT2D eigenvalue weighted by Crippen LogP contribution is 2.29. The molecule has 142 valence electrons. The van der Waals surface area contributed by atoms with Crippen LogP contribution in [0.25, 0.3) is 0 Å². The number of ether oxygens (including phenoxy) is 4. The van der Waals surface area contributed by atoms with Gasteiger partial charge < -0.3 is 23.8 Å². The zero-order chi connectivity index (χ0) is 19.4. The number of methoxy groups -OCH3 is 3.